The van der Waals surface area contributed by atoms with E-state index in [4.69, 9.17) is 9.73 Å². The van der Waals surface area contributed by atoms with Crippen molar-refractivity contribution in [3.63, 3.8) is 0 Å². The van der Waals surface area contributed by atoms with Crippen LogP contribution in [0, 0.1) is 0 Å². The number of benzene rings is 2. The highest BCUT2D eigenvalue weighted by atomic mass is 16.5. The van der Waals surface area contributed by atoms with E-state index in [0.29, 0.717) is 6.61 Å². The van der Waals surface area contributed by atoms with E-state index in [9.17, 15) is 0 Å². The van der Waals surface area contributed by atoms with Gasteiger partial charge in [0, 0.05) is 18.7 Å². The van der Waals surface area contributed by atoms with E-state index in [1.807, 2.05) is 19.1 Å². The Morgan fingerprint density at radius 3 is 2.87 bits per heavy atom. The van der Waals surface area contributed by atoms with Gasteiger partial charge in [0.15, 0.2) is 0 Å². The first-order chi connectivity index (χ1) is 11.3. The van der Waals surface area contributed by atoms with Crippen molar-refractivity contribution in [2.45, 2.75) is 19.9 Å². The summed E-state index contributed by atoms with van der Waals surface area (Å²) in [6, 6.07) is 16.6. The molecule has 23 heavy (non-hydrogen) atoms. The maximum absolute atomic E-state index is 5.74. The third-order valence-electron chi connectivity index (χ3n) is 4.37. The summed E-state index contributed by atoms with van der Waals surface area (Å²) in [6.07, 6.45) is 3.27. The first-order valence-corrected chi connectivity index (χ1v) is 8.19. The van der Waals surface area contributed by atoms with Gasteiger partial charge in [0.1, 0.15) is 11.6 Å². The van der Waals surface area contributed by atoms with Crippen LogP contribution in [0.5, 0.6) is 5.75 Å². The smallest absolute Gasteiger partial charge is 0.132 e. The van der Waals surface area contributed by atoms with Crippen molar-refractivity contribution in [2.75, 3.05) is 13.2 Å². The molecule has 1 saturated heterocycles. The third kappa shape index (κ3) is 2.63. The number of para-hydroxylation sites is 2. The first-order valence-electron chi connectivity index (χ1n) is 8.19. The second-order valence-corrected chi connectivity index (χ2v) is 5.88. The van der Waals surface area contributed by atoms with Crippen LogP contribution in [0.3, 0.4) is 0 Å². The molecule has 0 bridgehead atoms. The third-order valence-corrected chi connectivity index (χ3v) is 4.37. The average molecular weight is 304 g/mol. The Labute approximate surface area is 136 Å². The van der Waals surface area contributed by atoms with Gasteiger partial charge in [-0.1, -0.05) is 36.4 Å². The number of rotatable bonds is 3. The monoisotopic (exact) mass is 304 g/mol. The number of aliphatic imine (C=N–C) groups is 1. The van der Waals surface area contributed by atoms with E-state index in [1.54, 1.807) is 0 Å². The zero-order chi connectivity index (χ0) is 15.6. The van der Waals surface area contributed by atoms with Crippen LogP contribution >= 0.6 is 0 Å². The van der Waals surface area contributed by atoms with Crippen molar-refractivity contribution in [1.29, 1.82) is 0 Å². The van der Waals surface area contributed by atoms with Crippen molar-refractivity contribution in [1.82, 2.24) is 4.90 Å². The van der Waals surface area contributed by atoms with Crippen molar-refractivity contribution < 1.29 is 4.74 Å². The fourth-order valence-corrected chi connectivity index (χ4v) is 3.26. The zero-order valence-corrected chi connectivity index (χ0v) is 13.3. The molecule has 2 aromatic rings. The maximum Gasteiger partial charge on any atom is 0.132 e. The summed E-state index contributed by atoms with van der Waals surface area (Å²) in [6.45, 7) is 4.69. The summed E-state index contributed by atoms with van der Waals surface area (Å²) < 4.78 is 5.74. The molecule has 0 atom stereocenters. The number of amidine groups is 1. The van der Waals surface area contributed by atoms with Crippen LogP contribution in [0.4, 0.5) is 5.69 Å². The van der Waals surface area contributed by atoms with Crippen LogP contribution in [0.1, 0.15) is 24.5 Å². The van der Waals surface area contributed by atoms with Crippen LogP contribution in [0.2, 0.25) is 0 Å². The predicted octanol–water partition coefficient (Wildman–Crippen LogP) is 4.42. The quantitative estimate of drug-likeness (QED) is 0.838. The van der Waals surface area contributed by atoms with Crippen LogP contribution in [-0.4, -0.2) is 23.9 Å². The second kappa shape index (κ2) is 5.92. The minimum atomic E-state index is 0.681. The van der Waals surface area contributed by atoms with E-state index in [2.05, 4.69) is 47.4 Å². The highest BCUT2D eigenvalue weighted by Crippen LogP contribution is 2.33. The molecular formula is C20H20N2O. The molecule has 0 unspecified atom stereocenters. The topological polar surface area (TPSA) is 24.8 Å². The Morgan fingerprint density at radius 1 is 1.13 bits per heavy atom. The fraction of sp³-hybridized carbons (Fsp3) is 0.250. The molecule has 4 rings (SSSR count). The molecule has 0 spiro atoms. The summed E-state index contributed by atoms with van der Waals surface area (Å²) >= 11 is 0. The van der Waals surface area contributed by atoms with Crippen molar-refractivity contribution in [3.05, 3.63) is 65.2 Å². The molecule has 0 radical (unpaired) electrons. The summed E-state index contributed by atoms with van der Waals surface area (Å²) in [5.74, 6) is 2.06. The van der Waals surface area contributed by atoms with Crippen molar-refractivity contribution in [2.24, 2.45) is 4.99 Å². The first kappa shape index (κ1) is 14.1. The lowest BCUT2D eigenvalue weighted by molar-refractivity contribution is 0.339. The van der Waals surface area contributed by atoms with Crippen LogP contribution in [-0.2, 0) is 6.54 Å². The number of nitrogens with zero attached hydrogens (tertiary/aromatic N) is 2. The molecule has 2 aromatic carbocycles. The molecular weight excluding hydrogens is 284 g/mol. The standard InChI is InChI=1S/C20H20N2O/c1-2-23-19-10-6-4-7-15(19)13-16-11-12-22-14-17-8-3-5-9-18(17)21-20(16)22/h3-10,13H,2,11-12,14H2,1H3/b16-13+. The second-order valence-electron chi connectivity index (χ2n) is 5.88. The average Bonchev–Trinajstić information content (AvgIpc) is 2.97. The van der Waals surface area contributed by atoms with Gasteiger partial charge in [-0.15, -0.1) is 0 Å². The lowest BCUT2D eigenvalue weighted by Crippen LogP contribution is -2.27. The van der Waals surface area contributed by atoms with Crippen molar-refractivity contribution in [3.8, 4) is 5.75 Å². The molecule has 2 aliphatic rings. The van der Waals surface area contributed by atoms with Gasteiger partial charge in [0.25, 0.3) is 0 Å². The maximum atomic E-state index is 5.74. The van der Waals surface area contributed by atoms with E-state index >= 15 is 0 Å². The SMILES string of the molecule is CCOc1ccccc1/C=C1\CCN2Cc3ccccc3N=C12. The van der Waals surface area contributed by atoms with Crippen LogP contribution < -0.4 is 4.74 Å². The van der Waals surface area contributed by atoms with Gasteiger partial charge in [0.05, 0.1) is 12.3 Å². The number of hydrogen-bond acceptors (Lipinski definition) is 3. The number of fused-ring (bicyclic) bond motifs is 2. The molecule has 0 aromatic heterocycles. The molecule has 2 aliphatic heterocycles. The van der Waals surface area contributed by atoms with E-state index < -0.39 is 0 Å². The van der Waals surface area contributed by atoms with Crippen LogP contribution in [0.25, 0.3) is 6.08 Å². The van der Waals surface area contributed by atoms with E-state index in [0.717, 1.165) is 42.3 Å². The van der Waals surface area contributed by atoms with E-state index in [-0.39, 0.29) is 0 Å². The van der Waals surface area contributed by atoms with Gasteiger partial charge < -0.3 is 9.64 Å². The molecule has 0 amide bonds. The Morgan fingerprint density at radius 2 is 1.96 bits per heavy atom. The molecule has 1 fully saturated rings. The minimum absolute atomic E-state index is 0.681. The minimum Gasteiger partial charge on any atom is -0.493 e. The zero-order valence-electron chi connectivity index (χ0n) is 13.3. The largest absolute Gasteiger partial charge is 0.493 e. The summed E-state index contributed by atoms with van der Waals surface area (Å²) in [5, 5.41) is 0. The lowest BCUT2D eigenvalue weighted by Gasteiger charge is -2.24. The van der Waals surface area contributed by atoms with Gasteiger partial charge in [-0.2, -0.15) is 0 Å². The molecule has 0 saturated carbocycles. The van der Waals surface area contributed by atoms with Crippen molar-refractivity contribution >= 4 is 17.6 Å². The molecule has 3 nitrogen and oxygen atoms in total. The molecule has 2 heterocycles. The van der Waals surface area contributed by atoms with Gasteiger partial charge in [-0.05, 0) is 42.7 Å². The van der Waals surface area contributed by atoms with Gasteiger partial charge in [-0.25, -0.2) is 4.99 Å². The number of hydrogen-bond donors (Lipinski definition) is 0. The molecule has 0 N–H and O–H groups in total. The summed E-state index contributed by atoms with van der Waals surface area (Å²) in [4.78, 5) is 7.27. The Hall–Kier alpha value is -2.55. The predicted molar refractivity (Wildman–Crippen MR) is 94.2 cm³/mol. The fourth-order valence-electron chi connectivity index (χ4n) is 3.26. The van der Waals surface area contributed by atoms with E-state index in [1.165, 1.54) is 11.1 Å². The lowest BCUT2D eigenvalue weighted by atomic mass is 10.1. The normalized spacial score (nSPS) is 17.7. The highest BCUT2D eigenvalue weighted by Gasteiger charge is 2.28. The van der Waals surface area contributed by atoms with Gasteiger partial charge in [-0.3, -0.25) is 0 Å². The molecule has 3 heteroatoms. The highest BCUT2D eigenvalue weighted by molar-refractivity contribution is 6.06. The van der Waals surface area contributed by atoms with Gasteiger partial charge in [0.2, 0.25) is 0 Å². The molecule has 0 aliphatic carbocycles. The van der Waals surface area contributed by atoms with Crippen LogP contribution in [0.15, 0.2) is 59.1 Å². The number of ether oxygens (including phenoxy) is 1. The molecule has 116 valence electrons. The Kier molecular flexibility index (Phi) is 3.62. The summed E-state index contributed by atoms with van der Waals surface area (Å²) in [7, 11) is 0. The Bertz CT molecular complexity index is 792. The Balaban J connectivity index is 1.73. The summed E-state index contributed by atoms with van der Waals surface area (Å²) in [5.41, 5.74) is 4.84. The van der Waals surface area contributed by atoms with Gasteiger partial charge >= 0.3 is 0 Å².